The van der Waals surface area contributed by atoms with Crippen LogP contribution in [0.1, 0.15) is 51.5 Å². The van der Waals surface area contributed by atoms with Crippen LogP contribution in [0.15, 0.2) is 54.7 Å². The molecule has 8 nitrogen and oxygen atoms in total. The van der Waals surface area contributed by atoms with Crippen molar-refractivity contribution in [1.82, 2.24) is 19.8 Å². The van der Waals surface area contributed by atoms with Gasteiger partial charge in [0.2, 0.25) is 0 Å². The van der Waals surface area contributed by atoms with Crippen LogP contribution in [0.3, 0.4) is 0 Å². The van der Waals surface area contributed by atoms with E-state index in [-0.39, 0.29) is 30.0 Å². The minimum absolute atomic E-state index is 0.185. The summed E-state index contributed by atoms with van der Waals surface area (Å²) in [6.45, 7) is 4.29. The highest BCUT2D eigenvalue weighted by atomic mass is 32.1. The third kappa shape index (κ3) is 4.26. The lowest BCUT2D eigenvalue weighted by atomic mass is 9.96. The van der Waals surface area contributed by atoms with Gasteiger partial charge >= 0.3 is 11.9 Å². The number of hydrogen-bond acceptors (Lipinski definition) is 5. The van der Waals surface area contributed by atoms with Gasteiger partial charge in [-0.3, -0.25) is 9.78 Å². The zero-order valence-electron chi connectivity index (χ0n) is 19.2. The first-order chi connectivity index (χ1) is 16.3. The molecule has 0 radical (unpaired) electrons. The Labute approximate surface area is 203 Å². The Morgan fingerprint density at radius 1 is 1.18 bits per heavy atom. The predicted molar refractivity (Wildman–Crippen MR) is 131 cm³/mol. The second-order valence-electron chi connectivity index (χ2n) is 8.13. The van der Waals surface area contributed by atoms with Crippen LogP contribution in [-0.2, 0) is 9.53 Å². The number of aromatic nitrogens is 2. The molecule has 1 aromatic carbocycles. The number of carboxylic acid groups (broad SMARTS) is 1. The molecule has 1 saturated heterocycles. The number of methoxy groups -OCH3 is 1. The molecule has 0 saturated carbocycles. The van der Waals surface area contributed by atoms with Crippen LogP contribution in [0, 0.1) is 13.8 Å². The molecule has 1 aliphatic heterocycles. The predicted octanol–water partition coefficient (Wildman–Crippen LogP) is 3.72. The van der Waals surface area contributed by atoms with E-state index in [1.54, 1.807) is 24.4 Å². The summed E-state index contributed by atoms with van der Waals surface area (Å²) in [6, 6.07) is 14.2. The number of ether oxygens (including phenoxy) is 1. The van der Waals surface area contributed by atoms with E-state index >= 15 is 0 Å². The van der Waals surface area contributed by atoms with Gasteiger partial charge in [0, 0.05) is 24.1 Å². The van der Waals surface area contributed by atoms with Crippen molar-refractivity contribution >= 4 is 29.3 Å². The van der Waals surface area contributed by atoms with Crippen LogP contribution in [-0.4, -0.2) is 50.3 Å². The number of carboxylic acids is 1. The van der Waals surface area contributed by atoms with Gasteiger partial charge in [-0.2, -0.15) is 0 Å². The van der Waals surface area contributed by atoms with Gasteiger partial charge in [0.25, 0.3) is 0 Å². The first-order valence-electron chi connectivity index (χ1n) is 10.9. The first kappa shape index (κ1) is 23.4. The van der Waals surface area contributed by atoms with Crippen LogP contribution < -0.4 is 5.32 Å². The van der Waals surface area contributed by atoms with Crippen molar-refractivity contribution in [2.75, 3.05) is 13.7 Å². The van der Waals surface area contributed by atoms with Gasteiger partial charge in [0.15, 0.2) is 5.11 Å². The van der Waals surface area contributed by atoms with Crippen LogP contribution in [0.2, 0.25) is 0 Å². The summed E-state index contributed by atoms with van der Waals surface area (Å²) in [5.41, 5.74) is 4.41. The molecule has 1 aliphatic rings. The third-order valence-corrected chi connectivity index (χ3v) is 6.50. The van der Waals surface area contributed by atoms with Crippen molar-refractivity contribution in [3.05, 3.63) is 82.9 Å². The molecule has 3 heterocycles. The fourth-order valence-corrected chi connectivity index (χ4v) is 4.94. The number of rotatable bonds is 7. The quantitative estimate of drug-likeness (QED) is 0.392. The van der Waals surface area contributed by atoms with Gasteiger partial charge in [-0.25, -0.2) is 4.79 Å². The molecule has 0 aliphatic carbocycles. The van der Waals surface area contributed by atoms with Crippen molar-refractivity contribution in [2.45, 2.75) is 32.4 Å². The van der Waals surface area contributed by atoms with Crippen molar-refractivity contribution in [1.29, 1.82) is 0 Å². The summed E-state index contributed by atoms with van der Waals surface area (Å²) in [6.07, 6.45) is 1.92. The zero-order chi connectivity index (χ0) is 24.4. The average Bonchev–Trinajstić information content (AvgIpc) is 3.32. The number of pyridine rings is 1. The number of esters is 1. The number of hydrogen-bond donors (Lipinski definition) is 2. The monoisotopic (exact) mass is 478 g/mol. The number of nitrogens with zero attached hydrogens (tertiary/aromatic N) is 3. The summed E-state index contributed by atoms with van der Waals surface area (Å²) in [7, 11) is 1.37. The number of carbonyl (C=O) groups is 2. The molecule has 0 amide bonds. The summed E-state index contributed by atoms with van der Waals surface area (Å²) < 4.78 is 6.79. The molecule has 2 N–H and O–H groups in total. The molecule has 2 atom stereocenters. The Morgan fingerprint density at radius 3 is 2.59 bits per heavy atom. The summed E-state index contributed by atoms with van der Waals surface area (Å²) in [5.74, 6) is -1.30. The minimum atomic E-state index is -0.987. The Balaban J connectivity index is 1.83. The Bertz CT molecular complexity index is 1240. The standard InChI is InChI=1S/C25H26N4O4S/c1-15-14-18(16(2)29(15)20-10-5-4-8-17(20)24(31)32)23-22(19-9-6-7-12-26-19)27-25(34)28(23)13-11-21(30)33-3/h4-10,12,14,22-23H,11,13H2,1-3H3,(H,27,34)(H,31,32)/t22-,23+/m0/s1. The number of para-hydroxylation sites is 1. The second-order valence-corrected chi connectivity index (χ2v) is 8.52. The molecule has 2 aromatic heterocycles. The number of aryl methyl sites for hydroxylation is 1. The smallest absolute Gasteiger partial charge is 0.337 e. The average molecular weight is 479 g/mol. The number of thiocarbonyl (C=S) groups is 1. The molecule has 3 aromatic rings. The maximum Gasteiger partial charge on any atom is 0.337 e. The van der Waals surface area contributed by atoms with Gasteiger partial charge < -0.3 is 24.6 Å². The van der Waals surface area contributed by atoms with E-state index in [1.165, 1.54) is 7.11 Å². The highest BCUT2D eigenvalue weighted by Gasteiger charge is 2.41. The van der Waals surface area contributed by atoms with Gasteiger partial charge in [-0.05, 0) is 62.0 Å². The van der Waals surface area contributed by atoms with Gasteiger partial charge in [0.1, 0.15) is 0 Å². The summed E-state index contributed by atoms with van der Waals surface area (Å²) in [4.78, 5) is 30.3. The van der Waals surface area contributed by atoms with Gasteiger partial charge in [0.05, 0.1) is 42.6 Å². The first-order valence-corrected chi connectivity index (χ1v) is 11.3. The number of benzene rings is 1. The topological polar surface area (TPSA) is 96.7 Å². The van der Waals surface area contributed by atoms with Gasteiger partial charge in [-0.1, -0.05) is 18.2 Å². The fourth-order valence-electron chi connectivity index (χ4n) is 4.61. The summed E-state index contributed by atoms with van der Waals surface area (Å²) in [5, 5.41) is 13.6. The van der Waals surface area contributed by atoms with Gasteiger partial charge in [-0.15, -0.1) is 0 Å². The highest BCUT2D eigenvalue weighted by molar-refractivity contribution is 7.80. The van der Waals surface area contributed by atoms with Crippen LogP contribution in [0.25, 0.3) is 5.69 Å². The molecule has 0 unspecified atom stereocenters. The largest absolute Gasteiger partial charge is 0.478 e. The SMILES string of the molecule is COC(=O)CCN1C(=S)N[C@@H](c2ccccn2)[C@H]1c1cc(C)n(-c2ccccc2C(=O)O)c1C. The number of carbonyl (C=O) groups excluding carboxylic acids is 1. The maximum absolute atomic E-state index is 11.9. The van der Waals surface area contributed by atoms with Crippen LogP contribution >= 0.6 is 12.2 Å². The normalized spacial score (nSPS) is 17.5. The number of nitrogens with one attached hydrogen (secondary N) is 1. The van der Waals surface area contributed by atoms with E-state index in [1.807, 2.05) is 47.6 Å². The lowest BCUT2D eigenvalue weighted by Crippen LogP contribution is -2.32. The van der Waals surface area contributed by atoms with E-state index in [0.717, 1.165) is 22.6 Å². The van der Waals surface area contributed by atoms with E-state index in [9.17, 15) is 14.7 Å². The number of aromatic carboxylic acids is 1. The highest BCUT2D eigenvalue weighted by Crippen LogP contribution is 2.41. The molecular weight excluding hydrogens is 452 g/mol. The van der Waals surface area contributed by atoms with E-state index in [0.29, 0.717) is 17.3 Å². The molecule has 0 spiro atoms. The fraction of sp³-hybridized carbons (Fsp3) is 0.280. The zero-order valence-corrected chi connectivity index (χ0v) is 20.0. The molecule has 0 bridgehead atoms. The Kier molecular flexibility index (Phi) is 6.65. The molecule has 176 valence electrons. The second kappa shape index (κ2) is 9.64. The minimum Gasteiger partial charge on any atom is -0.478 e. The van der Waals surface area contributed by atoms with Crippen molar-refractivity contribution < 1.29 is 19.4 Å². The molecule has 1 fully saturated rings. The van der Waals surface area contributed by atoms with E-state index in [2.05, 4.69) is 16.4 Å². The third-order valence-electron chi connectivity index (χ3n) is 6.15. The van der Waals surface area contributed by atoms with E-state index < -0.39 is 5.97 Å². The lowest BCUT2D eigenvalue weighted by molar-refractivity contribution is -0.140. The van der Waals surface area contributed by atoms with Crippen molar-refractivity contribution in [2.24, 2.45) is 0 Å². The molecule has 9 heteroatoms. The van der Waals surface area contributed by atoms with E-state index in [4.69, 9.17) is 17.0 Å². The van der Waals surface area contributed by atoms with Crippen LogP contribution in [0.4, 0.5) is 0 Å². The van der Waals surface area contributed by atoms with Crippen molar-refractivity contribution in [3.8, 4) is 5.69 Å². The molecular formula is C25H26N4O4S. The Hall–Kier alpha value is -3.72. The van der Waals surface area contributed by atoms with Crippen molar-refractivity contribution in [3.63, 3.8) is 0 Å². The molecule has 34 heavy (non-hydrogen) atoms. The maximum atomic E-state index is 11.9. The Morgan fingerprint density at radius 2 is 1.91 bits per heavy atom. The van der Waals surface area contributed by atoms with Crippen LogP contribution in [0.5, 0.6) is 0 Å². The summed E-state index contributed by atoms with van der Waals surface area (Å²) >= 11 is 5.66. The lowest BCUT2D eigenvalue weighted by Gasteiger charge is -2.28. The molecule has 4 rings (SSSR count).